The molecule has 1 N–H and O–H groups in total. The zero-order chi connectivity index (χ0) is 12.9. The second kappa shape index (κ2) is 3.77. The molecule has 0 atom stereocenters. The van der Waals surface area contributed by atoms with E-state index >= 15 is 0 Å². The van der Waals surface area contributed by atoms with E-state index in [9.17, 15) is 9.90 Å². The number of rotatable bonds is 1. The standard InChI is InChI=1S/C14H15NO3/c1-8(2)15-4-3-9-5-10-12(16)7-14(17)18-13(10)6-11(9)15/h5-8,16H,3-4H2,1-2H3. The Bertz CT molecular complexity index is 673. The van der Waals surface area contributed by atoms with Crippen LogP contribution in [-0.4, -0.2) is 17.7 Å². The molecule has 0 amide bonds. The van der Waals surface area contributed by atoms with Crippen LogP contribution >= 0.6 is 0 Å². The predicted molar refractivity (Wildman–Crippen MR) is 70.3 cm³/mol. The third-order valence-electron chi connectivity index (χ3n) is 3.48. The summed E-state index contributed by atoms with van der Waals surface area (Å²) in [6.45, 7) is 5.24. The van der Waals surface area contributed by atoms with Gasteiger partial charge in [0.25, 0.3) is 0 Å². The Morgan fingerprint density at radius 2 is 2.11 bits per heavy atom. The number of hydrogen-bond acceptors (Lipinski definition) is 4. The number of aromatic hydroxyl groups is 1. The SMILES string of the molecule is CC(C)N1CCc2cc3c(O)cc(=O)oc3cc21. The van der Waals surface area contributed by atoms with Crippen molar-refractivity contribution in [3.8, 4) is 5.75 Å². The van der Waals surface area contributed by atoms with Crippen LogP contribution in [0.15, 0.2) is 27.4 Å². The smallest absolute Gasteiger partial charge is 0.339 e. The van der Waals surface area contributed by atoms with E-state index in [4.69, 9.17) is 4.42 Å². The summed E-state index contributed by atoms with van der Waals surface area (Å²) in [6, 6.07) is 5.31. The first kappa shape index (κ1) is 11.1. The minimum Gasteiger partial charge on any atom is -0.507 e. The lowest BCUT2D eigenvalue weighted by Crippen LogP contribution is -2.28. The van der Waals surface area contributed by atoms with Crippen molar-refractivity contribution >= 4 is 16.7 Å². The van der Waals surface area contributed by atoms with Gasteiger partial charge in [-0.3, -0.25) is 0 Å². The van der Waals surface area contributed by atoms with Crippen molar-refractivity contribution in [2.24, 2.45) is 0 Å². The van der Waals surface area contributed by atoms with Crippen LogP contribution in [0, 0.1) is 0 Å². The quantitative estimate of drug-likeness (QED) is 0.783. The van der Waals surface area contributed by atoms with E-state index < -0.39 is 5.63 Å². The Morgan fingerprint density at radius 1 is 1.33 bits per heavy atom. The van der Waals surface area contributed by atoms with Gasteiger partial charge in [-0.15, -0.1) is 0 Å². The molecule has 0 saturated carbocycles. The maximum absolute atomic E-state index is 11.3. The maximum Gasteiger partial charge on any atom is 0.339 e. The molecule has 1 aromatic carbocycles. The van der Waals surface area contributed by atoms with Crippen molar-refractivity contribution < 1.29 is 9.52 Å². The van der Waals surface area contributed by atoms with Crippen LogP contribution in [0.1, 0.15) is 19.4 Å². The van der Waals surface area contributed by atoms with E-state index in [1.54, 1.807) is 0 Å². The van der Waals surface area contributed by atoms with E-state index in [2.05, 4.69) is 18.7 Å². The Labute approximate surface area is 104 Å². The van der Waals surface area contributed by atoms with Crippen molar-refractivity contribution in [1.29, 1.82) is 0 Å². The monoisotopic (exact) mass is 245 g/mol. The summed E-state index contributed by atoms with van der Waals surface area (Å²) < 4.78 is 5.15. The van der Waals surface area contributed by atoms with Crippen LogP contribution in [0.5, 0.6) is 5.75 Å². The average Bonchev–Trinajstić information content (AvgIpc) is 2.69. The van der Waals surface area contributed by atoms with Gasteiger partial charge in [0.2, 0.25) is 0 Å². The van der Waals surface area contributed by atoms with Gasteiger partial charge in [0.05, 0.1) is 11.5 Å². The molecule has 18 heavy (non-hydrogen) atoms. The number of anilines is 1. The summed E-state index contributed by atoms with van der Waals surface area (Å²) in [7, 11) is 0. The zero-order valence-corrected chi connectivity index (χ0v) is 10.4. The summed E-state index contributed by atoms with van der Waals surface area (Å²) in [5.74, 6) is -0.00736. The van der Waals surface area contributed by atoms with Gasteiger partial charge in [-0.1, -0.05) is 0 Å². The van der Waals surface area contributed by atoms with Crippen molar-refractivity contribution in [2.75, 3.05) is 11.4 Å². The molecule has 0 radical (unpaired) electrons. The number of fused-ring (bicyclic) bond motifs is 2. The van der Waals surface area contributed by atoms with E-state index in [0.717, 1.165) is 24.7 Å². The topological polar surface area (TPSA) is 53.7 Å². The van der Waals surface area contributed by atoms with Crippen molar-refractivity contribution in [2.45, 2.75) is 26.3 Å². The summed E-state index contributed by atoms with van der Waals surface area (Å²) in [6.07, 6.45) is 0.960. The summed E-state index contributed by atoms with van der Waals surface area (Å²) in [5.41, 5.74) is 2.23. The third-order valence-corrected chi connectivity index (χ3v) is 3.48. The van der Waals surface area contributed by atoms with Gasteiger partial charge in [0.15, 0.2) is 0 Å². The normalized spacial score (nSPS) is 14.5. The molecule has 4 nitrogen and oxygen atoms in total. The van der Waals surface area contributed by atoms with Gasteiger partial charge in [0.1, 0.15) is 11.3 Å². The minimum atomic E-state index is -0.519. The lowest BCUT2D eigenvalue weighted by molar-refractivity contribution is 0.468. The first-order valence-electron chi connectivity index (χ1n) is 6.12. The van der Waals surface area contributed by atoms with E-state index in [-0.39, 0.29) is 5.75 Å². The molecule has 2 heterocycles. The molecule has 2 aromatic rings. The predicted octanol–water partition coefficient (Wildman–Crippen LogP) is 2.27. The zero-order valence-electron chi connectivity index (χ0n) is 10.4. The maximum atomic E-state index is 11.3. The molecule has 0 spiro atoms. The van der Waals surface area contributed by atoms with Gasteiger partial charge in [-0.2, -0.15) is 0 Å². The first-order chi connectivity index (χ1) is 8.56. The summed E-state index contributed by atoms with van der Waals surface area (Å²) in [5, 5.41) is 10.4. The fraction of sp³-hybridized carbons (Fsp3) is 0.357. The molecule has 94 valence electrons. The molecule has 1 aromatic heterocycles. The molecule has 0 fully saturated rings. The van der Waals surface area contributed by atoms with E-state index in [0.29, 0.717) is 17.0 Å². The van der Waals surface area contributed by atoms with Gasteiger partial charge in [-0.05, 0) is 31.9 Å². The van der Waals surface area contributed by atoms with Crippen LogP contribution in [0.3, 0.4) is 0 Å². The average molecular weight is 245 g/mol. The molecule has 3 rings (SSSR count). The second-order valence-corrected chi connectivity index (χ2v) is 4.96. The van der Waals surface area contributed by atoms with Crippen molar-refractivity contribution in [1.82, 2.24) is 0 Å². The Hall–Kier alpha value is -1.97. The van der Waals surface area contributed by atoms with E-state index in [1.807, 2.05) is 12.1 Å². The van der Waals surface area contributed by atoms with Crippen LogP contribution < -0.4 is 10.5 Å². The third kappa shape index (κ3) is 1.56. The Balaban J connectivity index is 2.27. The molecular weight excluding hydrogens is 230 g/mol. The van der Waals surface area contributed by atoms with Crippen molar-refractivity contribution in [3.63, 3.8) is 0 Å². The Kier molecular flexibility index (Phi) is 2.33. The molecule has 1 aliphatic rings. The van der Waals surface area contributed by atoms with Gasteiger partial charge in [0, 0.05) is 24.3 Å². The lowest BCUT2D eigenvalue weighted by atomic mass is 10.1. The Morgan fingerprint density at radius 3 is 2.83 bits per heavy atom. The number of hydrogen-bond donors (Lipinski definition) is 1. The fourth-order valence-electron chi connectivity index (χ4n) is 2.59. The van der Waals surface area contributed by atoms with Gasteiger partial charge in [-0.25, -0.2) is 4.79 Å². The van der Waals surface area contributed by atoms with Crippen LogP contribution in [0.4, 0.5) is 5.69 Å². The molecule has 4 heteroatoms. The molecule has 0 unspecified atom stereocenters. The highest BCUT2D eigenvalue weighted by Crippen LogP contribution is 2.35. The lowest BCUT2D eigenvalue weighted by Gasteiger charge is -2.23. The van der Waals surface area contributed by atoms with Gasteiger partial charge < -0.3 is 14.4 Å². The van der Waals surface area contributed by atoms with Gasteiger partial charge >= 0.3 is 5.63 Å². The number of benzene rings is 1. The summed E-state index contributed by atoms with van der Waals surface area (Å²) >= 11 is 0. The van der Waals surface area contributed by atoms with Crippen LogP contribution in [0.2, 0.25) is 0 Å². The molecule has 0 saturated heterocycles. The summed E-state index contributed by atoms with van der Waals surface area (Å²) in [4.78, 5) is 13.6. The largest absolute Gasteiger partial charge is 0.507 e. The highest BCUT2D eigenvalue weighted by molar-refractivity contribution is 5.88. The minimum absolute atomic E-state index is 0.00736. The molecule has 0 bridgehead atoms. The molecular formula is C14H15NO3. The van der Waals surface area contributed by atoms with Crippen molar-refractivity contribution in [3.05, 3.63) is 34.2 Å². The molecule has 1 aliphatic heterocycles. The highest BCUT2D eigenvalue weighted by Gasteiger charge is 2.23. The molecule has 0 aliphatic carbocycles. The fourth-order valence-corrected chi connectivity index (χ4v) is 2.59. The van der Waals surface area contributed by atoms with E-state index in [1.165, 1.54) is 5.56 Å². The van der Waals surface area contributed by atoms with Crippen LogP contribution in [0.25, 0.3) is 11.0 Å². The number of nitrogens with zero attached hydrogens (tertiary/aromatic N) is 1. The highest BCUT2D eigenvalue weighted by atomic mass is 16.4. The first-order valence-corrected chi connectivity index (χ1v) is 6.12. The second-order valence-electron chi connectivity index (χ2n) is 4.96. The van der Waals surface area contributed by atoms with Crippen LogP contribution in [-0.2, 0) is 6.42 Å².